The molecule has 0 aromatic heterocycles. The Labute approximate surface area is 89.7 Å². The van der Waals surface area contributed by atoms with Crippen molar-refractivity contribution in [1.29, 1.82) is 0 Å². The van der Waals surface area contributed by atoms with Gasteiger partial charge in [0.1, 0.15) is 5.82 Å². The van der Waals surface area contributed by atoms with Crippen LogP contribution in [0.2, 0.25) is 0 Å². The fraction of sp³-hybridized carbons (Fsp3) is 0.455. The van der Waals surface area contributed by atoms with Gasteiger partial charge in [-0.25, -0.2) is 4.39 Å². The maximum absolute atomic E-state index is 13.0. The molecule has 1 nitrogen and oxygen atoms in total. The normalized spacial score (nSPS) is 18.6. The van der Waals surface area contributed by atoms with Gasteiger partial charge < -0.3 is 5.11 Å². The molecule has 0 heterocycles. The van der Waals surface area contributed by atoms with E-state index in [4.69, 9.17) is 0 Å². The van der Waals surface area contributed by atoms with Crippen LogP contribution in [0.1, 0.15) is 30.1 Å². The van der Waals surface area contributed by atoms with Gasteiger partial charge in [0.05, 0.1) is 11.7 Å². The lowest BCUT2D eigenvalue weighted by molar-refractivity contribution is -0.137. The molecule has 88 valence electrons. The monoisotopic (exact) mass is 234 g/mol. The molecule has 0 aliphatic heterocycles. The first kappa shape index (κ1) is 11.4. The van der Waals surface area contributed by atoms with Crippen molar-refractivity contribution >= 4 is 0 Å². The van der Waals surface area contributed by atoms with E-state index in [1.807, 2.05) is 0 Å². The summed E-state index contributed by atoms with van der Waals surface area (Å²) in [5.41, 5.74) is -1.04. The Morgan fingerprint density at radius 2 is 1.81 bits per heavy atom. The number of rotatable bonds is 2. The second-order valence-corrected chi connectivity index (χ2v) is 4.05. The largest absolute Gasteiger partial charge is 0.416 e. The molecule has 1 N–H and O–H groups in total. The number of halogens is 4. The Bertz CT molecular complexity index is 395. The zero-order valence-electron chi connectivity index (χ0n) is 8.26. The summed E-state index contributed by atoms with van der Waals surface area (Å²) >= 11 is 0. The minimum atomic E-state index is -4.58. The molecule has 0 bridgehead atoms. The van der Waals surface area contributed by atoms with Crippen LogP contribution in [-0.2, 0) is 6.18 Å². The number of alkyl halides is 3. The summed E-state index contributed by atoms with van der Waals surface area (Å²) in [4.78, 5) is 0. The van der Waals surface area contributed by atoms with Crippen LogP contribution in [-0.4, -0.2) is 5.11 Å². The first-order valence-corrected chi connectivity index (χ1v) is 4.93. The third-order valence-electron chi connectivity index (χ3n) is 2.66. The van der Waals surface area contributed by atoms with Crippen molar-refractivity contribution in [2.75, 3.05) is 0 Å². The van der Waals surface area contributed by atoms with Gasteiger partial charge in [0, 0.05) is 0 Å². The molecule has 1 unspecified atom stereocenters. The Morgan fingerprint density at radius 1 is 1.19 bits per heavy atom. The molecule has 1 aliphatic carbocycles. The molecule has 0 spiro atoms. The lowest BCUT2D eigenvalue weighted by atomic mass is 10.0. The van der Waals surface area contributed by atoms with E-state index in [1.54, 1.807) is 0 Å². The Kier molecular flexibility index (Phi) is 2.66. The maximum atomic E-state index is 13.0. The zero-order chi connectivity index (χ0) is 11.9. The van der Waals surface area contributed by atoms with E-state index in [1.165, 1.54) is 0 Å². The SMILES string of the molecule is OC(c1cc(F)cc(C(F)(F)F)c1)C1CC1. The van der Waals surface area contributed by atoms with Gasteiger partial charge in [-0.05, 0) is 42.5 Å². The second-order valence-electron chi connectivity index (χ2n) is 4.05. The summed E-state index contributed by atoms with van der Waals surface area (Å²) in [5.74, 6) is -0.993. The molecule has 1 aromatic rings. The standard InChI is InChI=1S/C11H10F4O/c12-9-4-7(10(16)6-1-2-6)3-8(5-9)11(13,14)15/h3-6,10,16H,1-2H2. The lowest BCUT2D eigenvalue weighted by Gasteiger charge is -2.13. The fourth-order valence-electron chi connectivity index (χ4n) is 1.63. The summed E-state index contributed by atoms with van der Waals surface area (Å²) < 4.78 is 50.1. The van der Waals surface area contributed by atoms with Crippen molar-refractivity contribution in [3.63, 3.8) is 0 Å². The van der Waals surface area contributed by atoms with Crippen molar-refractivity contribution in [3.8, 4) is 0 Å². The van der Waals surface area contributed by atoms with Crippen molar-refractivity contribution in [1.82, 2.24) is 0 Å². The molecular formula is C11H10F4O. The molecule has 1 atom stereocenters. The molecule has 1 saturated carbocycles. The number of benzene rings is 1. The molecule has 0 radical (unpaired) electrons. The van der Waals surface area contributed by atoms with Gasteiger partial charge in [-0.15, -0.1) is 0 Å². The van der Waals surface area contributed by atoms with Crippen LogP contribution in [0.5, 0.6) is 0 Å². The third-order valence-corrected chi connectivity index (χ3v) is 2.66. The highest BCUT2D eigenvalue weighted by Gasteiger charge is 2.35. The summed E-state index contributed by atoms with van der Waals surface area (Å²) in [5, 5.41) is 9.64. The molecule has 0 amide bonds. The highest BCUT2D eigenvalue weighted by Crippen LogP contribution is 2.42. The average Bonchev–Trinajstić information content (AvgIpc) is 2.97. The van der Waals surface area contributed by atoms with E-state index in [-0.39, 0.29) is 11.5 Å². The van der Waals surface area contributed by atoms with E-state index in [9.17, 15) is 22.7 Å². The van der Waals surface area contributed by atoms with E-state index >= 15 is 0 Å². The Morgan fingerprint density at radius 3 is 2.31 bits per heavy atom. The van der Waals surface area contributed by atoms with E-state index in [0.29, 0.717) is 6.07 Å². The van der Waals surface area contributed by atoms with Crippen LogP contribution in [0.4, 0.5) is 17.6 Å². The highest BCUT2D eigenvalue weighted by atomic mass is 19.4. The summed E-state index contributed by atoms with van der Waals surface area (Å²) in [6.45, 7) is 0. The van der Waals surface area contributed by atoms with Crippen molar-refractivity contribution < 1.29 is 22.7 Å². The first-order valence-electron chi connectivity index (χ1n) is 4.93. The molecule has 1 aromatic carbocycles. The Hall–Kier alpha value is -1.10. The predicted molar refractivity (Wildman–Crippen MR) is 49.1 cm³/mol. The minimum absolute atomic E-state index is 0.00910. The number of hydrogen-bond acceptors (Lipinski definition) is 1. The van der Waals surface area contributed by atoms with Crippen LogP contribution in [0.25, 0.3) is 0 Å². The highest BCUT2D eigenvalue weighted by molar-refractivity contribution is 5.29. The number of aliphatic hydroxyl groups excluding tert-OH is 1. The van der Waals surface area contributed by atoms with Gasteiger partial charge in [0.2, 0.25) is 0 Å². The molecule has 5 heteroatoms. The van der Waals surface area contributed by atoms with Gasteiger partial charge in [0.15, 0.2) is 0 Å². The summed E-state index contributed by atoms with van der Waals surface area (Å²) in [7, 11) is 0. The average molecular weight is 234 g/mol. The first-order chi connectivity index (χ1) is 7.38. The van der Waals surface area contributed by atoms with Gasteiger partial charge in [0.25, 0.3) is 0 Å². The zero-order valence-corrected chi connectivity index (χ0v) is 8.26. The quantitative estimate of drug-likeness (QED) is 0.778. The lowest BCUT2D eigenvalue weighted by Crippen LogP contribution is -2.08. The fourth-order valence-corrected chi connectivity index (χ4v) is 1.63. The van der Waals surface area contributed by atoms with Crippen LogP contribution in [0.3, 0.4) is 0 Å². The molecule has 2 rings (SSSR count). The van der Waals surface area contributed by atoms with E-state index in [2.05, 4.69) is 0 Å². The Balaban J connectivity index is 2.35. The van der Waals surface area contributed by atoms with E-state index < -0.39 is 23.7 Å². The minimum Gasteiger partial charge on any atom is -0.388 e. The van der Waals surface area contributed by atoms with Crippen molar-refractivity contribution in [2.24, 2.45) is 5.92 Å². The molecule has 1 aliphatic rings. The van der Waals surface area contributed by atoms with Crippen LogP contribution >= 0.6 is 0 Å². The van der Waals surface area contributed by atoms with Crippen LogP contribution in [0, 0.1) is 11.7 Å². The second kappa shape index (κ2) is 3.73. The van der Waals surface area contributed by atoms with Crippen molar-refractivity contribution in [3.05, 3.63) is 35.1 Å². The number of aliphatic hydroxyl groups is 1. The summed E-state index contributed by atoms with van der Waals surface area (Å²) in [6, 6.07) is 2.20. The molecule has 16 heavy (non-hydrogen) atoms. The van der Waals surface area contributed by atoms with E-state index in [0.717, 1.165) is 25.0 Å². The topological polar surface area (TPSA) is 20.2 Å². The van der Waals surface area contributed by atoms with Gasteiger partial charge in [-0.1, -0.05) is 0 Å². The van der Waals surface area contributed by atoms with Crippen molar-refractivity contribution in [2.45, 2.75) is 25.1 Å². The predicted octanol–water partition coefficient (Wildman–Crippen LogP) is 3.29. The summed E-state index contributed by atoms with van der Waals surface area (Å²) in [6.07, 6.45) is -4.02. The number of hydrogen-bond donors (Lipinski definition) is 1. The van der Waals surface area contributed by atoms with Gasteiger partial charge >= 0.3 is 6.18 Å². The van der Waals surface area contributed by atoms with Gasteiger partial charge in [-0.2, -0.15) is 13.2 Å². The third kappa shape index (κ3) is 2.35. The smallest absolute Gasteiger partial charge is 0.388 e. The van der Waals surface area contributed by atoms with Crippen LogP contribution < -0.4 is 0 Å². The molecular weight excluding hydrogens is 224 g/mol. The van der Waals surface area contributed by atoms with Crippen LogP contribution in [0.15, 0.2) is 18.2 Å². The molecule has 1 fully saturated rings. The maximum Gasteiger partial charge on any atom is 0.416 e. The van der Waals surface area contributed by atoms with Gasteiger partial charge in [-0.3, -0.25) is 0 Å². The molecule has 0 saturated heterocycles.